The van der Waals surface area contributed by atoms with Gasteiger partial charge in [-0.25, -0.2) is 4.79 Å². The SMILES string of the molecule is Cc1cc(C=CC(=O)O)ccc1N1CCCC(C)(C)C1. The first-order valence-electron chi connectivity index (χ1n) is 7.14. The van der Waals surface area contributed by atoms with Gasteiger partial charge in [0, 0.05) is 24.9 Å². The number of aryl methyl sites for hydroxylation is 1. The maximum Gasteiger partial charge on any atom is 0.328 e. The molecule has 1 N–H and O–H groups in total. The van der Waals surface area contributed by atoms with Gasteiger partial charge in [0.15, 0.2) is 0 Å². The molecule has 1 saturated heterocycles. The molecule has 0 aliphatic carbocycles. The lowest BCUT2D eigenvalue weighted by Gasteiger charge is -2.40. The molecule has 0 amide bonds. The molecule has 3 heteroatoms. The predicted octanol–water partition coefficient (Wildman–Crippen LogP) is 3.72. The fourth-order valence-electron chi connectivity index (χ4n) is 2.93. The Labute approximate surface area is 120 Å². The molecule has 1 aromatic rings. The molecule has 3 nitrogen and oxygen atoms in total. The number of benzene rings is 1. The van der Waals surface area contributed by atoms with Crippen LogP contribution in [0.3, 0.4) is 0 Å². The summed E-state index contributed by atoms with van der Waals surface area (Å²) in [6.07, 6.45) is 5.33. The quantitative estimate of drug-likeness (QED) is 0.853. The molecule has 108 valence electrons. The van der Waals surface area contributed by atoms with Gasteiger partial charge < -0.3 is 10.0 Å². The highest BCUT2D eigenvalue weighted by Gasteiger charge is 2.26. The Kier molecular flexibility index (Phi) is 4.17. The summed E-state index contributed by atoms with van der Waals surface area (Å²) >= 11 is 0. The second-order valence-electron chi connectivity index (χ2n) is 6.41. The second kappa shape index (κ2) is 5.70. The number of rotatable bonds is 3. The highest BCUT2D eigenvalue weighted by Crippen LogP contribution is 2.33. The largest absolute Gasteiger partial charge is 0.478 e. The number of hydrogen-bond acceptors (Lipinski definition) is 2. The van der Waals surface area contributed by atoms with E-state index < -0.39 is 5.97 Å². The molecule has 0 radical (unpaired) electrons. The van der Waals surface area contributed by atoms with E-state index in [0.29, 0.717) is 5.41 Å². The fraction of sp³-hybridized carbons (Fsp3) is 0.471. The van der Waals surface area contributed by atoms with Crippen LogP contribution in [0.25, 0.3) is 6.08 Å². The molecule has 0 spiro atoms. The lowest BCUT2D eigenvalue weighted by Crippen LogP contribution is -2.40. The van der Waals surface area contributed by atoms with Crippen molar-refractivity contribution in [3.8, 4) is 0 Å². The molecule has 0 unspecified atom stereocenters. The molecule has 20 heavy (non-hydrogen) atoms. The minimum absolute atomic E-state index is 0.368. The second-order valence-corrected chi connectivity index (χ2v) is 6.41. The summed E-state index contributed by atoms with van der Waals surface area (Å²) < 4.78 is 0. The van der Waals surface area contributed by atoms with Gasteiger partial charge in [-0.15, -0.1) is 0 Å². The van der Waals surface area contributed by atoms with Crippen LogP contribution >= 0.6 is 0 Å². The van der Waals surface area contributed by atoms with Gasteiger partial charge in [0.25, 0.3) is 0 Å². The number of carboxylic acids is 1. The van der Waals surface area contributed by atoms with Crippen molar-refractivity contribution in [3.63, 3.8) is 0 Å². The summed E-state index contributed by atoms with van der Waals surface area (Å²) in [5, 5.41) is 8.67. The first-order valence-corrected chi connectivity index (χ1v) is 7.14. The van der Waals surface area contributed by atoms with Gasteiger partial charge in [-0.3, -0.25) is 0 Å². The molecule has 0 bridgehead atoms. The summed E-state index contributed by atoms with van der Waals surface area (Å²) in [6.45, 7) is 8.92. The molecule has 0 saturated carbocycles. The zero-order valence-corrected chi connectivity index (χ0v) is 12.5. The van der Waals surface area contributed by atoms with E-state index in [1.54, 1.807) is 6.08 Å². The van der Waals surface area contributed by atoms with Crippen LogP contribution in [0, 0.1) is 12.3 Å². The number of nitrogens with zero attached hydrogens (tertiary/aromatic N) is 1. The highest BCUT2D eigenvalue weighted by molar-refractivity contribution is 5.85. The predicted molar refractivity (Wildman–Crippen MR) is 83.1 cm³/mol. The van der Waals surface area contributed by atoms with Crippen molar-refractivity contribution in [2.45, 2.75) is 33.6 Å². The van der Waals surface area contributed by atoms with Crippen LogP contribution in [0.5, 0.6) is 0 Å². The van der Waals surface area contributed by atoms with Crippen LogP contribution in [0.2, 0.25) is 0 Å². The van der Waals surface area contributed by atoms with Gasteiger partial charge in [-0.1, -0.05) is 19.9 Å². The fourth-order valence-corrected chi connectivity index (χ4v) is 2.93. The summed E-state index contributed by atoms with van der Waals surface area (Å²) in [7, 11) is 0. The number of anilines is 1. The monoisotopic (exact) mass is 273 g/mol. The molecule has 1 aliphatic heterocycles. The van der Waals surface area contributed by atoms with E-state index in [2.05, 4.69) is 37.8 Å². The normalized spacial score (nSPS) is 18.4. The first-order chi connectivity index (χ1) is 9.37. The van der Waals surface area contributed by atoms with Crippen molar-refractivity contribution < 1.29 is 9.90 Å². The molecule has 1 fully saturated rings. The van der Waals surface area contributed by atoms with E-state index in [0.717, 1.165) is 18.7 Å². The molecule has 0 atom stereocenters. The molecule has 1 heterocycles. The molecular weight excluding hydrogens is 250 g/mol. The topological polar surface area (TPSA) is 40.5 Å². The number of aliphatic carboxylic acids is 1. The lowest BCUT2D eigenvalue weighted by molar-refractivity contribution is -0.131. The Morgan fingerprint density at radius 3 is 2.75 bits per heavy atom. The van der Waals surface area contributed by atoms with Crippen LogP contribution in [0.1, 0.15) is 37.8 Å². The van der Waals surface area contributed by atoms with E-state index in [1.807, 2.05) is 6.07 Å². The Bertz CT molecular complexity index is 532. The van der Waals surface area contributed by atoms with E-state index in [4.69, 9.17) is 5.11 Å². The summed E-state index contributed by atoms with van der Waals surface area (Å²) in [4.78, 5) is 13.0. The third-order valence-electron chi connectivity index (χ3n) is 3.88. The summed E-state index contributed by atoms with van der Waals surface area (Å²) in [5.41, 5.74) is 3.78. The molecule has 0 aromatic heterocycles. The van der Waals surface area contributed by atoms with Crippen molar-refractivity contribution in [3.05, 3.63) is 35.4 Å². The van der Waals surface area contributed by atoms with Crippen LogP contribution in [0.4, 0.5) is 5.69 Å². The Morgan fingerprint density at radius 2 is 2.15 bits per heavy atom. The lowest BCUT2D eigenvalue weighted by atomic mass is 9.84. The first kappa shape index (κ1) is 14.6. The van der Waals surface area contributed by atoms with Gasteiger partial charge in [-0.05, 0) is 54.5 Å². The zero-order chi connectivity index (χ0) is 14.8. The Morgan fingerprint density at radius 1 is 1.40 bits per heavy atom. The number of hydrogen-bond donors (Lipinski definition) is 1. The number of piperidine rings is 1. The minimum atomic E-state index is -0.912. The van der Waals surface area contributed by atoms with Crippen LogP contribution in [-0.4, -0.2) is 24.2 Å². The van der Waals surface area contributed by atoms with Crippen molar-refractivity contribution >= 4 is 17.7 Å². The standard InChI is InChI=1S/C17H23NO2/c1-13-11-14(6-8-16(19)20)5-7-15(13)18-10-4-9-17(2,3)12-18/h5-8,11H,4,9-10,12H2,1-3H3,(H,19,20). The average molecular weight is 273 g/mol. The van der Waals surface area contributed by atoms with Crippen molar-refractivity contribution in [2.24, 2.45) is 5.41 Å². The highest BCUT2D eigenvalue weighted by atomic mass is 16.4. The third kappa shape index (κ3) is 3.62. The van der Waals surface area contributed by atoms with Gasteiger partial charge >= 0.3 is 5.97 Å². The van der Waals surface area contributed by atoms with E-state index >= 15 is 0 Å². The van der Waals surface area contributed by atoms with Crippen molar-refractivity contribution in [1.82, 2.24) is 0 Å². The van der Waals surface area contributed by atoms with Gasteiger partial charge in [0.05, 0.1) is 0 Å². The summed E-state index contributed by atoms with van der Waals surface area (Å²) in [5.74, 6) is -0.912. The third-order valence-corrected chi connectivity index (χ3v) is 3.88. The number of carboxylic acid groups (broad SMARTS) is 1. The van der Waals surface area contributed by atoms with Crippen molar-refractivity contribution in [2.75, 3.05) is 18.0 Å². The summed E-state index contributed by atoms with van der Waals surface area (Å²) in [6, 6.07) is 6.15. The van der Waals surface area contributed by atoms with Crippen molar-refractivity contribution in [1.29, 1.82) is 0 Å². The molecule has 1 aliphatic rings. The van der Waals surface area contributed by atoms with Crippen LogP contribution in [0.15, 0.2) is 24.3 Å². The number of carbonyl (C=O) groups is 1. The maximum absolute atomic E-state index is 10.5. The average Bonchev–Trinajstić information content (AvgIpc) is 2.35. The van der Waals surface area contributed by atoms with E-state index in [9.17, 15) is 4.79 Å². The molecular formula is C17H23NO2. The van der Waals surface area contributed by atoms with Gasteiger partial charge in [0.2, 0.25) is 0 Å². The van der Waals surface area contributed by atoms with Gasteiger partial charge in [-0.2, -0.15) is 0 Å². The smallest absolute Gasteiger partial charge is 0.328 e. The molecule has 1 aromatic carbocycles. The zero-order valence-electron chi connectivity index (χ0n) is 12.5. The van der Waals surface area contributed by atoms with Crippen LogP contribution < -0.4 is 4.90 Å². The maximum atomic E-state index is 10.5. The molecule has 2 rings (SSSR count). The van der Waals surface area contributed by atoms with Gasteiger partial charge in [0.1, 0.15) is 0 Å². The Balaban J connectivity index is 2.19. The minimum Gasteiger partial charge on any atom is -0.478 e. The Hall–Kier alpha value is -1.77. The van der Waals surface area contributed by atoms with Crippen LogP contribution in [-0.2, 0) is 4.79 Å². The van der Waals surface area contributed by atoms with E-state index in [-0.39, 0.29) is 0 Å². The van der Waals surface area contributed by atoms with E-state index in [1.165, 1.54) is 30.2 Å².